The molecular weight excluding hydrogens is 286 g/mol. The Kier molecular flexibility index (Phi) is 3.09. The van der Waals surface area contributed by atoms with Crippen LogP contribution in [0.25, 0.3) is 5.78 Å². The molecular formula is C15H14ClN5. The van der Waals surface area contributed by atoms with Gasteiger partial charge in [0.15, 0.2) is 0 Å². The molecule has 3 heterocycles. The molecule has 0 saturated heterocycles. The van der Waals surface area contributed by atoms with Crippen molar-refractivity contribution in [3.05, 3.63) is 58.6 Å². The summed E-state index contributed by atoms with van der Waals surface area (Å²) in [6, 6.07) is 10.5. The van der Waals surface area contributed by atoms with Gasteiger partial charge in [-0.15, -0.1) is 0 Å². The van der Waals surface area contributed by atoms with Crippen LogP contribution in [0.4, 0.5) is 0 Å². The number of halogens is 1. The highest BCUT2D eigenvalue weighted by atomic mass is 35.5. The van der Waals surface area contributed by atoms with Crippen LogP contribution in [0.3, 0.4) is 0 Å². The van der Waals surface area contributed by atoms with E-state index in [2.05, 4.69) is 44.2 Å². The Morgan fingerprint density at radius 1 is 1.19 bits per heavy atom. The zero-order valence-corrected chi connectivity index (χ0v) is 12.2. The van der Waals surface area contributed by atoms with Gasteiger partial charge in [0.05, 0.1) is 5.69 Å². The summed E-state index contributed by atoms with van der Waals surface area (Å²) >= 11 is 6.41. The smallest absolute Gasteiger partial charge is 0.253 e. The van der Waals surface area contributed by atoms with Gasteiger partial charge in [-0.05, 0) is 12.0 Å². The van der Waals surface area contributed by atoms with E-state index in [0.29, 0.717) is 10.9 Å². The number of nitrogens with zero attached hydrogens (tertiary/aromatic N) is 5. The van der Waals surface area contributed by atoms with Crippen molar-refractivity contribution in [1.29, 1.82) is 0 Å². The Morgan fingerprint density at radius 3 is 2.90 bits per heavy atom. The topological polar surface area (TPSA) is 46.3 Å². The number of hydrogen-bond acceptors (Lipinski definition) is 4. The largest absolute Gasteiger partial charge is 0.293 e. The average molecular weight is 300 g/mol. The zero-order chi connectivity index (χ0) is 14.2. The fraction of sp³-hybridized carbons (Fsp3) is 0.267. The van der Waals surface area contributed by atoms with Gasteiger partial charge in [0.1, 0.15) is 11.5 Å². The molecule has 0 atom stereocenters. The van der Waals surface area contributed by atoms with Crippen molar-refractivity contribution >= 4 is 17.4 Å². The fourth-order valence-electron chi connectivity index (χ4n) is 2.80. The summed E-state index contributed by atoms with van der Waals surface area (Å²) in [5.74, 6) is 0.570. The first kappa shape index (κ1) is 12.7. The minimum absolute atomic E-state index is 0.570. The monoisotopic (exact) mass is 299 g/mol. The van der Waals surface area contributed by atoms with Gasteiger partial charge in [-0.3, -0.25) is 4.90 Å². The number of rotatable bonds is 2. The highest BCUT2D eigenvalue weighted by molar-refractivity contribution is 6.30. The van der Waals surface area contributed by atoms with Crippen LogP contribution < -0.4 is 0 Å². The van der Waals surface area contributed by atoms with Crippen molar-refractivity contribution in [2.45, 2.75) is 19.5 Å². The molecule has 2 aromatic heterocycles. The maximum atomic E-state index is 6.41. The Hall–Kier alpha value is -1.98. The van der Waals surface area contributed by atoms with Gasteiger partial charge in [0.2, 0.25) is 0 Å². The van der Waals surface area contributed by atoms with Crippen molar-refractivity contribution in [2.75, 3.05) is 6.54 Å². The predicted octanol–water partition coefficient (Wildman–Crippen LogP) is 2.34. The standard InChI is InChI=1S/C15H14ClN5/c16-14-12-6-7-20(8-11-4-2-1-3-5-11)9-13(12)19-15-17-10-18-21(14)15/h1-5,10H,6-9H2. The van der Waals surface area contributed by atoms with E-state index in [1.807, 2.05) is 6.07 Å². The fourth-order valence-corrected chi connectivity index (χ4v) is 3.12. The third-order valence-electron chi connectivity index (χ3n) is 3.85. The van der Waals surface area contributed by atoms with Gasteiger partial charge < -0.3 is 0 Å². The van der Waals surface area contributed by atoms with E-state index in [0.717, 1.165) is 37.3 Å². The van der Waals surface area contributed by atoms with Crippen LogP contribution in [-0.4, -0.2) is 31.0 Å². The molecule has 0 fully saturated rings. The summed E-state index contributed by atoms with van der Waals surface area (Å²) in [4.78, 5) is 11.1. The first-order valence-corrected chi connectivity index (χ1v) is 7.32. The lowest BCUT2D eigenvalue weighted by Crippen LogP contribution is -2.31. The Morgan fingerprint density at radius 2 is 2.05 bits per heavy atom. The van der Waals surface area contributed by atoms with Crippen molar-refractivity contribution in [1.82, 2.24) is 24.5 Å². The molecule has 0 N–H and O–H groups in total. The molecule has 0 spiro atoms. The second kappa shape index (κ2) is 5.09. The minimum atomic E-state index is 0.570. The molecule has 5 nitrogen and oxygen atoms in total. The molecule has 0 aliphatic carbocycles. The normalized spacial score (nSPS) is 15.3. The van der Waals surface area contributed by atoms with Crippen molar-refractivity contribution < 1.29 is 0 Å². The van der Waals surface area contributed by atoms with E-state index < -0.39 is 0 Å². The molecule has 0 unspecified atom stereocenters. The lowest BCUT2D eigenvalue weighted by Gasteiger charge is -2.28. The molecule has 1 aliphatic heterocycles. The van der Waals surface area contributed by atoms with Crippen LogP contribution in [0.2, 0.25) is 5.15 Å². The van der Waals surface area contributed by atoms with Crippen LogP contribution in [-0.2, 0) is 19.5 Å². The van der Waals surface area contributed by atoms with Gasteiger partial charge in [-0.25, -0.2) is 4.98 Å². The molecule has 1 aliphatic rings. The molecule has 4 rings (SSSR count). The Bertz CT molecular complexity index is 783. The molecule has 0 radical (unpaired) electrons. The van der Waals surface area contributed by atoms with Crippen molar-refractivity contribution in [2.24, 2.45) is 0 Å². The second-order valence-corrected chi connectivity index (χ2v) is 5.60. The summed E-state index contributed by atoms with van der Waals surface area (Å²) in [7, 11) is 0. The summed E-state index contributed by atoms with van der Waals surface area (Å²) in [5.41, 5.74) is 3.43. The summed E-state index contributed by atoms with van der Waals surface area (Å²) in [5, 5.41) is 4.76. The number of hydrogen-bond donors (Lipinski definition) is 0. The SMILES string of the molecule is Clc1c2c(nc3ncnn13)CN(Cc1ccccc1)CC2. The molecule has 21 heavy (non-hydrogen) atoms. The van der Waals surface area contributed by atoms with Crippen LogP contribution in [0.1, 0.15) is 16.8 Å². The molecule has 0 bridgehead atoms. The maximum absolute atomic E-state index is 6.41. The van der Waals surface area contributed by atoms with E-state index in [4.69, 9.17) is 11.6 Å². The lowest BCUT2D eigenvalue weighted by atomic mass is 10.1. The molecule has 3 aromatic rings. The third-order valence-corrected chi connectivity index (χ3v) is 4.24. The van der Waals surface area contributed by atoms with Crippen molar-refractivity contribution in [3.63, 3.8) is 0 Å². The van der Waals surface area contributed by atoms with Gasteiger partial charge in [-0.2, -0.15) is 14.6 Å². The summed E-state index contributed by atoms with van der Waals surface area (Å²) in [6.45, 7) is 2.70. The van der Waals surface area contributed by atoms with E-state index in [1.54, 1.807) is 4.52 Å². The molecule has 1 aromatic carbocycles. The number of benzene rings is 1. The predicted molar refractivity (Wildman–Crippen MR) is 80.1 cm³/mol. The van der Waals surface area contributed by atoms with Gasteiger partial charge >= 0.3 is 0 Å². The number of aromatic nitrogens is 4. The van der Waals surface area contributed by atoms with Gasteiger partial charge in [-0.1, -0.05) is 41.9 Å². The molecule has 106 valence electrons. The second-order valence-electron chi connectivity index (χ2n) is 5.25. The molecule has 0 amide bonds. The van der Waals surface area contributed by atoms with E-state index in [-0.39, 0.29) is 0 Å². The Labute approximate surface area is 127 Å². The van der Waals surface area contributed by atoms with Crippen LogP contribution in [0.5, 0.6) is 0 Å². The number of fused-ring (bicyclic) bond motifs is 2. The lowest BCUT2D eigenvalue weighted by molar-refractivity contribution is 0.241. The Balaban J connectivity index is 1.64. The maximum Gasteiger partial charge on any atom is 0.253 e. The van der Waals surface area contributed by atoms with E-state index in [1.165, 1.54) is 11.9 Å². The highest BCUT2D eigenvalue weighted by Crippen LogP contribution is 2.25. The summed E-state index contributed by atoms with van der Waals surface area (Å²) in [6.07, 6.45) is 2.38. The molecule has 0 saturated carbocycles. The first-order valence-electron chi connectivity index (χ1n) is 6.94. The highest BCUT2D eigenvalue weighted by Gasteiger charge is 2.22. The average Bonchev–Trinajstić information content (AvgIpc) is 2.97. The van der Waals surface area contributed by atoms with Gasteiger partial charge in [0.25, 0.3) is 5.78 Å². The zero-order valence-electron chi connectivity index (χ0n) is 11.4. The van der Waals surface area contributed by atoms with Crippen LogP contribution in [0.15, 0.2) is 36.7 Å². The quantitative estimate of drug-likeness (QED) is 0.681. The molecule has 6 heteroatoms. The van der Waals surface area contributed by atoms with Gasteiger partial charge in [0, 0.05) is 25.2 Å². The van der Waals surface area contributed by atoms with Crippen LogP contribution >= 0.6 is 11.6 Å². The third kappa shape index (κ3) is 2.28. The minimum Gasteiger partial charge on any atom is -0.293 e. The first-order chi connectivity index (χ1) is 10.3. The van der Waals surface area contributed by atoms with E-state index in [9.17, 15) is 0 Å². The van der Waals surface area contributed by atoms with Crippen LogP contribution in [0, 0.1) is 0 Å². The van der Waals surface area contributed by atoms with E-state index >= 15 is 0 Å². The van der Waals surface area contributed by atoms with Crippen molar-refractivity contribution in [3.8, 4) is 0 Å². The summed E-state index contributed by atoms with van der Waals surface area (Å²) < 4.78 is 1.60.